The third-order valence-corrected chi connectivity index (χ3v) is 7.14. The van der Waals surface area contributed by atoms with E-state index in [1.54, 1.807) is 18.2 Å². The van der Waals surface area contributed by atoms with Gasteiger partial charge in [-0.25, -0.2) is 17.9 Å². The number of benzene rings is 1. The number of nitrogens with zero attached hydrogens (tertiary/aromatic N) is 2. The van der Waals surface area contributed by atoms with Gasteiger partial charge in [-0.15, -0.1) is 0 Å². The highest BCUT2D eigenvalue weighted by Crippen LogP contribution is 2.33. The van der Waals surface area contributed by atoms with Gasteiger partial charge >= 0.3 is 6.03 Å². The lowest BCUT2D eigenvalue weighted by molar-refractivity contribution is -0.118. The molecule has 1 atom stereocenters. The Kier molecular flexibility index (Phi) is 8.34. The molecule has 0 radical (unpaired) electrons. The Bertz CT molecular complexity index is 990. The fourth-order valence-electron chi connectivity index (χ4n) is 3.37. The second-order valence-electron chi connectivity index (χ2n) is 8.13. The van der Waals surface area contributed by atoms with Crippen molar-refractivity contribution in [2.75, 3.05) is 25.4 Å². The first-order valence-electron chi connectivity index (χ1n) is 10.7. The number of urea groups is 1. The maximum Gasteiger partial charge on any atom is 0.324 e. The minimum Gasteiger partial charge on any atom is -0.492 e. The Labute approximate surface area is 193 Å². The van der Waals surface area contributed by atoms with Crippen LogP contribution < -0.4 is 14.8 Å². The largest absolute Gasteiger partial charge is 0.492 e. The van der Waals surface area contributed by atoms with E-state index in [1.807, 2.05) is 6.07 Å². The summed E-state index contributed by atoms with van der Waals surface area (Å²) in [5.74, 6) is 0.610. The van der Waals surface area contributed by atoms with Crippen LogP contribution in [0.5, 0.6) is 5.75 Å². The number of rotatable bonds is 13. The molecule has 1 aromatic rings. The maximum atomic E-state index is 12.6. The van der Waals surface area contributed by atoms with E-state index in [-0.39, 0.29) is 24.6 Å². The highest BCUT2D eigenvalue weighted by molar-refractivity contribution is 7.89. The zero-order valence-electron chi connectivity index (χ0n) is 17.7. The Morgan fingerprint density at radius 1 is 1.28 bits per heavy atom. The first-order valence-corrected chi connectivity index (χ1v) is 12.7. The molecule has 3 rings (SSSR count). The van der Waals surface area contributed by atoms with Crippen LogP contribution in [0.4, 0.5) is 4.79 Å². The van der Waals surface area contributed by atoms with Crippen LogP contribution >= 0.6 is 11.6 Å². The highest BCUT2D eigenvalue weighted by atomic mass is 35.5. The first-order chi connectivity index (χ1) is 15.3. The summed E-state index contributed by atoms with van der Waals surface area (Å²) in [4.78, 5) is 24.1. The lowest BCUT2D eigenvalue weighted by Gasteiger charge is -2.18. The summed E-state index contributed by atoms with van der Waals surface area (Å²) in [6.07, 6.45) is 3.82. The Hall–Kier alpha value is -2.35. The molecule has 1 aromatic carbocycles. The molecule has 0 unspecified atom stereocenters. The summed E-state index contributed by atoms with van der Waals surface area (Å²) in [6.45, 7) is 1.02. The van der Waals surface area contributed by atoms with Gasteiger partial charge in [0.1, 0.15) is 12.3 Å². The van der Waals surface area contributed by atoms with E-state index < -0.39 is 22.1 Å². The van der Waals surface area contributed by atoms with Crippen LogP contribution in [0.1, 0.15) is 50.1 Å². The summed E-state index contributed by atoms with van der Waals surface area (Å²) in [7, 11) is -3.63. The van der Waals surface area contributed by atoms with Crippen molar-refractivity contribution in [3.05, 3.63) is 28.8 Å². The topological polar surface area (TPSA) is 129 Å². The van der Waals surface area contributed by atoms with Crippen molar-refractivity contribution in [3.63, 3.8) is 0 Å². The molecule has 9 nitrogen and oxygen atoms in total. The van der Waals surface area contributed by atoms with Gasteiger partial charge in [-0.05, 0) is 49.3 Å². The third-order valence-electron chi connectivity index (χ3n) is 5.36. The predicted octanol–water partition coefficient (Wildman–Crippen LogP) is 2.73. The van der Waals surface area contributed by atoms with Crippen molar-refractivity contribution in [2.45, 2.75) is 44.6 Å². The lowest BCUT2D eigenvalue weighted by atomic mass is 10.1. The minimum atomic E-state index is -3.63. The van der Waals surface area contributed by atoms with Crippen molar-refractivity contribution in [1.29, 1.82) is 5.26 Å². The summed E-state index contributed by atoms with van der Waals surface area (Å²) < 4.78 is 33.5. The van der Waals surface area contributed by atoms with Crippen LogP contribution in [0.3, 0.4) is 0 Å². The second kappa shape index (κ2) is 11.0. The Morgan fingerprint density at radius 3 is 2.72 bits per heavy atom. The van der Waals surface area contributed by atoms with E-state index in [0.29, 0.717) is 54.7 Å². The molecular weight excluding hydrogens is 456 g/mol. The molecule has 1 saturated carbocycles. The van der Waals surface area contributed by atoms with Crippen molar-refractivity contribution >= 4 is 33.6 Å². The quantitative estimate of drug-likeness (QED) is 0.328. The molecule has 0 bridgehead atoms. The van der Waals surface area contributed by atoms with Crippen LogP contribution in [0.2, 0.25) is 5.02 Å². The summed E-state index contributed by atoms with van der Waals surface area (Å²) in [5, 5.41) is 11.8. The van der Waals surface area contributed by atoms with Crippen LogP contribution in [-0.4, -0.2) is 50.7 Å². The number of carbonyl (C=O) groups is 2. The van der Waals surface area contributed by atoms with Gasteiger partial charge in [0.2, 0.25) is 15.9 Å². The first kappa shape index (κ1) is 24.3. The lowest BCUT2D eigenvalue weighted by Crippen LogP contribution is -2.31. The van der Waals surface area contributed by atoms with Gasteiger partial charge < -0.3 is 9.64 Å². The number of hydrogen-bond donors (Lipinski definition) is 2. The van der Waals surface area contributed by atoms with Crippen LogP contribution in [-0.2, 0) is 14.8 Å². The van der Waals surface area contributed by atoms with Gasteiger partial charge in [-0.1, -0.05) is 24.1 Å². The number of halogens is 1. The molecule has 32 heavy (non-hydrogen) atoms. The number of ether oxygens (including phenoxy) is 1. The van der Waals surface area contributed by atoms with Crippen LogP contribution in [0, 0.1) is 17.2 Å². The van der Waals surface area contributed by atoms with E-state index in [2.05, 4.69) is 10.0 Å². The molecule has 0 aromatic heterocycles. The average Bonchev–Trinajstić information content (AvgIpc) is 3.50. The molecule has 174 valence electrons. The van der Waals surface area contributed by atoms with Crippen LogP contribution in [0.25, 0.3) is 0 Å². The van der Waals surface area contributed by atoms with Crippen molar-refractivity contribution in [2.24, 2.45) is 5.92 Å². The zero-order valence-corrected chi connectivity index (χ0v) is 19.3. The molecule has 1 saturated heterocycles. The fraction of sp³-hybridized carbons (Fsp3) is 0.571. The number of sulfonamides is 1. The van der Waals surface area contributed by atoms with Gasteiger partial charge in [0.25, 0.3) is 0 Å². The normalized spacial score (nSPS) is 17.2. The number of amides is 3. The summed E-state index contributed by atoms with van der Waals surface area (Å²) >= 11 is 6.20. The number of hydrogen-bond acceptors (Lipinski definition) is 6. The molecule has 3 amide bonds. The molecule has 2 fully saturated rings. The highest BCUT2D eigenvalue weighted by Gasteiger charge is 2.26. The molecular formula is C21H27ClN4O5S. The Balaban J connectivity index is 1.50. The van der Waals surface area contributed by atoms with Crippen LogP contribution in [0.15, 0.2) is 18.2 Å². The number of imide groups is 1. The van der Waals surface area contributed by atoms with E-state index in [4.69, 9.17) is 16.3 Å². The van der Waals surface area contributed by atoms with Gasteiger partial charge in [0, 0.05) is 6.54 Å². The Morgan fingerprint density at radius 2 is 2.06 bits per heavy atom. The SMILES string of the molecule is N#CC[C@@H](NS(=O)(=O)CCCCCN1CC(=O)NC1=O)c1ccc(Cl)c(OCC2CC2)c1. The van der Waals surface area contributed by atoms with Gasteiger partial charge in [-0.3, -0.25) is 10.1 Å². The average molecular weight is 483 g/mol. The maximum absolute atomic E-state index is 12.6. The van der Waals surface area contributed by atoms with E-state index in [1.165, 1.54) is 4.90 Å². The number of nitrogens with one attached hydrogen (secondary N) is 2. The molecule has 2 N–H and O–H groups in total. The molecule has 2 aliphatic rings. The molecule has 1 aliphatic heterocycles. The van der Waals surface area contributed by atoms with Crippen molar-refractivity contribution in [3.8, 4) is 11.8 Å². The van der Waals surface area contributed by atoms with E-state index >= 15 is 0 Å². The number of carbonyl (C=O) groups excluding carboxylic acids is 2. The van der Waals surface area contributed by atoms with Gasteiger partial charge in [-0.2, -0.15) is 5.26 Å². The monoisotopic (exact) mass is 482 g/mol. The minimum absolute atomic E-state index is 0.0268. The standard InChI is InChI=1S/C21H27ClN4O5S/c22-17-7-6-16(12-19(17)31-14-15-4-5-15)18(8-9-23)25-32(29,30)11-3-1-2-10-26-13-20(27)24-21(26)28/h6-7,12,15,18,25H,1-5,8,10-11,13-14H2,(H,24,27,28)/t18-/m1/s1. The summed E-state index contributed by atoms with van der Waals surface area (Å²) in [6, 6.07) is 5.95. The number of unbranched alkanes of at least 4 members (excludes halogenated alkanes) is 2. The van der Waals surface area contributed by atoms with Gasteiger partial charge in [0.15, 0.2) is 0 Å². The van der Waals surface area contributed by atoms with Crippen molar-refractivity contribution in [1.82, 2.24) is 14.9 Å². The molecule has 0 spiro atoms. The summed E-state index contributed by atoms with van der Waals surface area (Å²) in [5.41, 5.74) is 0.620. The second-order valence-corrected chi connectivity index (χ2v) is 10.4. The number of nitriles is 1. The molecule has 11 heteroatoms. The van der Waals surface area contributed by atoms with E-state index in [0.717, 1.165) is 12.8 Å². The third kappa shape index (κ3) is 7.36. The predicted molar refractivity (Wildman–Crippen MR) is 119 cm³/mol. The van der Waals surface area contributed by atoms with E-state index in [9.17, 15) is 23.3 Å². The smallest absolute Gasteiger partial charge is 0.324 e. The molecule has 1 aliphatic carbocycles. The zero-order chi connectivity index (χ0) is 23.1. The van der Waals surface area contributed by atoms with Gasteiger partial charge in [0.05, 0.1) is 35.9 Å². The molecule has 1 heterocycles. The van der Waals surface area contributed by atoms with Crippen molar-refractivity contribution < 1.29 is 22.7 Å². The fourth-order valence-corrected chi connectivity index (χ4v) is 4.90.